The van der Waals surface area contributed by atoms with Crippen LogP contribution in [0.15, 0.2) is 33.8 Å². The SMILES string of the molecule is CCNC(=NCCc1nc(C)no1)NCCc1cccc(C(=O)NC)c1.I. The zero-order valence-electron chi connectivity index (χ0n) is 15.9. The lowest BCUT2D eigenvalue weighted by atomic mass is 10.1. The van der Waals surface area contributed by atoms with E-state index in [-0.39, 0.29) is 29.9 Å². The summed E-state index contributed by atoms with van der Waals surface area (Å²) in [5.41, 5.74) is 1.76. The third-order valence-electron chi connectivity index (χ3n) is 3.63. The number of nitrogens with zero attached hydrogens (tertiary/aromatic N) is 3. The quantitative estimate of drug-likeness (QED) is 0.298. The zero-order valence-corrected chi connectivity index (χ0v) is 18.2. The first kappa shape index (κ1) is 22.9. The van der Waals surface area contributed by atoms with Crippen LogP contribution >= 0.6 is 24.0 Å². The average molecular weight is 486 g/mol. The fraction of sp³-hybridized carbons (Fsp3) is 0.444. The molecule has 0 spiro atoms. The monoisotopic (exact) mass is 486 g/mol. The second kappa shape index (κ2) is 12.3. The molecule has 0 fully saturated rings. The Morgan fingerprint density at radius 3 is 2.74 bits per heavy atom. The van der Waals surface area contributed by atoms with Gasteiger partial charge >= 0.3 is 0 Å². The number of nitrogens with one attached hydrogen (secondary N) is 3. The van der Waals surface area contributed by atoms with Gasteiger partial charge in [-0.1, -0.05) is 17.3 Å². The summed E-state index contributed by atoms with van der Waals surface area (Å²) in [6, 6.07) is 7.62. The molecule has 0 saturated carbocycles. The molecule has 0 aliphatic carbocycles. The molecular weight excluding hydrogens is 459 g/mol. The predicted molar refractivity (Wildman–Crippen MR) is 116 cm³/mol. The molecule has 2 rings (SSSR count). The van der Waals surface area contributed by atoms with E-state index in [9.17, 15) is 4.79 Å². The Morgan fingerprint density at radius 1 is 1.26 bits per heavy atom. The number of aryl methyl sites for hydroxylation is 1. The maximum absolute atomic E-state index is 11.7. The number of hydrogen-bond donors (Lipinski definition) is 3. The van der Waals surface area contributed by atoms with E-state index in [0.29, 0.717) is 36.8 Å². The normalized spacial score (nSPS) is 10.9. The van der Waals surface area contributed by atoms with Crippen LogP contribution in [0, 0.1) is 6.92 Å². The molecule has 0 bridgehead atoms. The number of amides is 1. The van der Waals surface area contributed by atoms with E-state index < -0.39 is 0 Å². The van der Waals surface area contributed by atoms with Crippen LogP contribution in [0.25, 0.3) is 0 Å². The Labute approximate surface area is 176 Å². The fourth-order valence-electron chi connectivity index (χ4n) is 2.38. The highest BCUT2D eigenvalue weighted by molar-refractivity contribution is 14.0. The minimum Gasteiger partial charge on any atom is -0.357 e. The van der Waals surface area contributed by atoms with Crippen molar-refractivity contribution in [2.24, 2.45) is 4.99 Å². The van der Waals surface area contributed by atoms with E-state index in [1.807, 2.05) is 25.1 Å². The molecule has 1 aromatic carbocycles. The van der Waals surface area contributed by atoms with Gasteiger partial charge in [0, 0.05) is 32.1 Å². The molecular formula is C18H27IN6O2. The largest absolute Gasteiger partial charge is 0.357 e. The number of carbonyl (C=O) groups excluding carboxylic acids is 1. The van der Waals surface area contributed by atoms with Crippen molar-refractivity contribution in [1.29, 1.82) is 0 Å². The summed E-state index contributed by atoms with van der Waals surface area (Å²) in [6.45, 7) is 5.86. The van der Waals surface area contributed by atoms with Gasteiger partial charge in [-0.25, -0.2) is 0 Å². The zero-order chi connectivity index (χ0) is 18.8. The summed E-state index contributed by atoms with van der Waals surface area (Å²) in [5, 5.41) is 12.9. The van der Waals surface area contributed by atoms with Crippen molar-refractivity contribution in [2.45, 2.75) is 26.7 Å². The molecule has 0 unspecified atom stereocenters. The molecule has 0 saturated heterocycles. The van der Waals surface area contributed by atoms with Gasteiger partial charge in [0.1, 0.15) is 0 Å². The second-order valence-corrected chi connectivity index (χ2v) is 5.70. The average Bonchev–Trinajstić information content (AvgIpc) is 3.06. The molecule has 148 valence electrons. The highest BCUT2D eigenvalue weighted by Gasteiger charge is 2.05. The number of aromatic nitrogens is 2. The highest BCUT2D eigenvalue weighted by Crippen LogP contribution is 2.05. The van der Waals surface area contributed by atoms with Crippen LogP contribution in [0.2, 0.25) is 0 Å². The fourth-order valence-corrected chi connectivity index (χ4v) is 2.38. The Morgan fingerprint density at radius 2 is 2.07 bits per heavy atom. The second-order valence-electron chi connectivity index (χ2n) is 5.70. The van der Waals surface area contributed by atoms with E-state index in [0.717, 1.165) is 24.5 Å². The number of guanidine groups is 1. The number of hydrogen-bond acceptors (Lipinski definition) is 5. The van der Waals surface area contributed by atoms with Crippen molar-refractivity contribution in [1.82, 2.24) is 26.1 Å². The molecule has 1 aromatic heterocycles. The van der Waals surface area contributed by atoms with Gasteiger partial charge in [0.15, 0.2) is 11.8 Å². The van der Waals surface area contributed by atoms with E-state index >= 15 is 0 Å². The maximum Gasteiger partial charge on any atom is 0.251 e. The first-order valence-corrected chi connectivity index (χ1v) is 8.74. The lowest BCUT2D eigenvalue weighted by Crippen LogP contribution is -2.38. The Bertz CT molecular complexity index is 747. The summed E-state index contributed by atoms with van der Waals surface area (Å²) in [4.78, 5) is 20.4. The number of rotatable bonds is 8. The Balaban J connectivity index is 0.00000364. The summed E-state index contributed by atoms with van der Waals surface area (Å²) < 4.78 is 5.08. The van der Waals surface area contributed by atoms with Gasteiger partial charge in [0.25, 0.3) is 5.91 Å². The van der Waals surface area contributed by atoms with Crippen LogP contribution in [-0.4, -0.2) is 48.7 Å². The molecule has 1 amide bonds. The van der Waals surface area contributed by atoms with Gasteiger partial charge in [-0.15, -0.1) is 24.0 Å². The van der Waals surface area contributed by atoms with Crippen molar-refractivity contribution in [3.05, 3.63) is 47.1 Å². The van der Waals surface area contributed by atoms with E-state index in [1.54, 1.807) is 20.0 Å². The lowest BCUT2D eigenvalue weighted by molar-refractivity contribution is 0.0963. The molecule has 0 atom stereocenters. The number of halogens is 1. The van der Waals surface area contributed by atoms with Crippen LogP contribution in [0.5, 0.6) is 0 Å². The molecule has 0 aliphatic heterocycles. The summed E-state index contributed by atoms with van der Waals surface area (Å²) >= 11 is 0. The first-order chi connectivity index (χ1) is 12.6. The molecule has 0 aliphatic rings. The van der Waals surface area contributed by atoms with Gasteiger partial charge < -0.3 is 20.5 Å². The molecule has 27 heavy (non-hydrogen) atoms. The van der Waals surface area contributed by atoms with Gasteiger partial charge in [-0.05, 0) is 38.0 Å². The van der Waals surface area contributed by atoms with E-state index in [2.05, 4.69) is 31.1 Å². The standard InChI is InChI=1S/C18H26N6O2.HI/c1-4-20-18(22-11-9-16-23-13(2)24-26-16)21-10-8-14-6-5-7-15(12-14)17(25)19-3;/h5-7,12H,4,8-11H2,1-3H3,(H,19,25)(H2,20,21,22);1H. The third kappa shape index (κ3) is 7.94. The molecule has 0 radical (unpaired) electrons. The van der Waals surface area contributed by atoms with Crippen LogP contribution in [0.3, 0.4) is 0 Å². The van der Waals surface area contributed by atoms with Crippen LogP contribution in [0.1, 0.15) is 34.6 Å². The minimum atomic E-state index is -0.0778. The minimum absolute atomic E-state index is 0. The summed E-state index contributed by atoms with van der Waals surface area (Å²) in [6.07, 6.45) is 1.39. The summed E-state index contributed by atoms with van der Waals surface area (Å²) in [7, 11) is 1.63. The van der Waals surface area contributed by atoms with Crippen molar-refractivity contribution in [2.75, 3.05) is 26.7 Å². The van der Waals surface area contributed by atoms with Gasteiger partial charge in [-0.2, -0.15) is 4.98 Å². The molecule has 9 heteroatoms. The first-order valence-electron chi connectivity index (χ1n) is 8.74. The van der Waals surface area contributed by atoms with Gasteiger partial charge in [0.2, 0.25) is 5.89 Å². The molecule has 3 N–H and O–H groups in total. The van der Waals surface area contributed by atoms with Crippen molar-refractivity contribution < 1.29 is 9.32 Å². The molecule has 1 heterocycles. The molecule has 2 aromatic rings. The lowest BCUT2D eigenvalue weighted by Gasteiger charge is -2.11. The van der Waals surface area contributed by atoms with Crippen molar-refractivity contribution in [3.8, 4) is 0 Å². The highest BCUT2D eigenvalue weighted by atomic mass is 127. The topological polar surface area (TPSA) is 104 Å². The number of aliphatic imine (C=N–C) groups is 1. The van der Waals surface area contributed by atoms with Crippen LogP contribution < -0.4 is 16.0 Å². The van der Waals surface area contributed by atoms with Crippen LogP contribution in [-0.2, 0) is 12.8 Å². The van der Waals surface area contributed by atoms with Crippen molar-refractivity contribution in [3.63, 3.8) is 0 Å². The number of carbonyl (C=O) groups is 1. The third-order valence-corrected chi connectivity index (χ3v) is 3.63. The Kier molecular flexibility index (Phi) is 10.4. The van der Waals surface area contributed by atoms with E-state index in [1.165, 1.54) is 0 Å². The van der Waals surface area contributed by atoms with Gasteiger partial charge in [-0.3, -0.25) is 9.79 Å². The predicted octanol–water partition coefficient (Wildman–Crippen LogP) is 1.70. The summed E-state index contributed by atoms with van der Waals surface area (Å²) in [5.74, 6) is 1.89. The van der Waals surface area contributed by atoms with E-state index in [4.69, 9.17) is 4.52 Å². The number of benzene rings is 1. The smallest absolute Gasteiger partial charge is 0.251 e. The van der Waals surface area contributed by atoms with Gasteiger partial charge in [0.05, 0.1) is 6.54 Å². The van der Waals surface area contributed by atoms with Crippen molar-refractivity contribution >= 4 is 35.8 Å². The molecule has 8 nitrogen and oxygen atoms in total. The maximum atomic E-state index is 11.7. The van der Waals surface area contributed by atoms with Crippen LogP contribution in [0.4, 0.5) is 0 Å². The Hall–Kier alpha value is -2.17.